The Kier molecular flexibility index (Phi) is 6.23. The molecule has 0 aliphatic rings. The van der Waals surface area contributed by atoms with Crippen LogP contribution in [-0.4, -0.2) is 30.1 Å². The van der Waals surface area contributed by atoms with Gasteiger partial charge in [-0.2, -0.15) is 0 Å². The number of hydrogen-bond acceptors (Lipinski definition) is 2. The van der Waals surface area contributed by atoms with Crippen LogP contribution in [0.2, 0.25) is 0 Å². The van der Waals surface area contributed by atoms with Gasteiger partial charge in [-0.25, -0.2) is 8.42 Å². The summed E-state index contributed by atoms with van der Waals surface area (Å²) in [6.45, 7) is 5.54. The summed E-state index contributed by atoms with van der Waals surface area (Å²) >= 11 is 6.82. The molecule has 0 radical (unpaired) electrons. The molecule has 0 rings (SSSR count). The highest BCUT2D eigenvalue weighted by Gasteiger charge is 2.25. The highest BCUT2D eigenvalue weighted by molar-refractivity contribution is 9.09. The fraction of sp³-hybridized carbons (Fsp3) is 1.00. The molecule has 2 nitrogen and oxygen atoms in total. The Bertz CT molecular complexity index is 256. The molecule has 0 atom stereocenters. The molecule has 0 unspecified atom stereocenters. The molecule has 0 aliphatic heterocycles. The first kappa shape index (κ1) is 14.9. The number of rotatable bonds is 6. The molecule has 0 fully saturated rings. The summed E-state index contributed by atoms with van der Waals surface area (Å²) in [6, 6.07) is 0. The van der Waals surface area contributed by atoms with Gasteiger partial charge in [0.2, 0.25) is 0 Å². The average Bonchev–Trinajstić information content (AvgIpc) is 2.14. The van der Waals surface area contributed by atoms with Gasteiger partial charge in [-0.15, -0.1) is 0 Å². The molecule has 0 amide bonds. The summed E-state index contributed by atoms with van der Waals surface area (Å²) in [7, 11) is -2.89. The van der Waals surface area contributed by atoms with Gasteiger partial charge >= 0.3 is 0 Å². The molecule has 0 aromatic heterocycles. The van der Waals surface area contributed by atoms with E-state index in [1.165, 1.54) is 0 Å². The Hall–Kier alpha value is 0.910. The van der Waals surface area contributed by atoms with Gasteiger partial charge in [-0.1, -0.05) is 38.8 Å². The molecule has 0 saturated heterocycles. The van der Waals surface area contributed by atoms with E-state index in [1.54, 1.807) is 13.8 Å². The zero-order valence-electron chi connectivity index (χ0n) is 8.89. The van der Waals surface area contributed by atoms with Crippen molar-refractivity contribution >= 4 is 41.7 Å². The van der Waals surface area contributed by atoms with Crippen LogP contribution in [0, 0.1) is 5.41 Å². The van der Waals surface area contributed by atoms with Gasteiger partial charge in [0.05, 0.1) is 11.0 Å². The van der Waals surface area contributed by atoms with Crippen molar-refractivity contribution in [3.63, 3.8) is 0 Å². The van der Waals surface area contributed by atoms with Crippen LogP contribution in [0.1, 0.15) is 27.2 Å². The smallest absolute Gasteiger partial charge is 0.152 e. The van der Waals surface area contributed by atoms with Crippen molar-refractivity contribution in [2.45, 2.75) is 32.4 Å². The first-order valence-electron chi connectivity index (χ1n) is 4.61. The van der Waals surface area contributed by atoms with E-state index in [-0.39, 0.29) is 16.4 Å². The van der Waals surface area contributed by atoms with Crippen molar-refractivity contribution in [1.82, 2.24) is 0 Å². The molecule has 5 heteroatoms. The van der Waals surface area contributed by atoms with E-state index in [4.69, 9.17) is 0 Å². The third-order valence-corrected chi connectivity index (χ3v) is 7.27. The number of sulfone groups is 1. The topological polar surface area (TPSA) is 34.1 Å². The number of hydrogen-bond donors (Lipinski definition) is 0. The van der Waals surface area contributed by atoms with Gasteiger partial charge in [-0.05, 0) is 25.7 Å². The second-order valence-corrected chi connectivity index (χ2v) is 8.04. The lowest BCUT2D eigenvalue weighted by atomic mass is 9.93. The van der Waals surface area contributed by atoms with Gasteiger partial charge in [0.15, 0.2) is 9.84 Å². The Morgan fingerprint density at radius 2 is 1.64 bits per heavy atom. The second-order valence-electron chi connectivity index (χ2n) is 4.24. The monoisotopic (exact) mass is 348 g/mol. The minimum Gasteiger partial charge on any atom is -0.229 e. The maximum absolute atomic E-state index is 11.6. The highest BCUT2D eigenvalue weighted by atomic mass is 79.9. The van der Waals surface area contributed by atoms with Crippen LogP contribution in [0.3, 0.4) is 0 Å². The molecular formula is C9H18Br2O2S. The van der Waals surface area contributed by atoms with Gasteiger partial charge in [-0.3, -0.25) is 0 Å². The van der Waals surface area contributed by atoms with Crippen LogP contribution >= 0.6 is 31.9 Å². The predicted octanol–water partition coefficient (Wildman–Crippen LogP) is 3.00. The quantitative estimate of drug-likeness (QED) is 0.691. The summed E-state index contributed by atoms with van der Waals surface area (Å²) in [4.78, 5) is 0. The van der Waals surface area contributed by atoms with E-state index in [0.717, 1.165) is 10.7 Å². The third-order valence-electron chi connectivity index (χ3n) is 2.35. The molecule has 0 bridgehead atoms. The maximum atomic E-state index is 11.6. The normalized spacial score (nSPS) is 13.6. The van der Waals surface area contributed by atoms with E-state index in [9.17, 15) is 8.42 Å². The standard InChI is InChI=1S/C9H18Br2O2S/c1-8(2)14(12,13)5-4-9(3,6-10)7-11/h8H,4-7H2,1-3H3. The molecule has 86 valence electrons. The van der Waals surface area contributed by atoms with Crippen LogP contribution < -0.4 is 0 Å². The molecule has 0 saturated carbocycles. The van der Waals surface area contributed by atoms with Gasteiger partial charge in [0.1, 0.15) is 0 Å². The summed E-state index contributed by atoms with van der Waals surface area (Å²) in [5.41, 5.74) is 0.0297. The molecule has 0 aromatic carbocycles. The average molecular weight is 350 g/mol. The Labute approximate surface area is 104 Å². The minimum absolute atomic E-state index is 0.0297. The Morgan fingerprint density at radius 3 is 1.93 bits per heavy atom. The SMILES string of the molecule is CC(C)S(=O)(=O)CCC(C)(CBr)CBr. The van der Waals surface area contributed by atoms with Crippen molar-refractivity contribution < 1.29 is 8.42 Å². The zero-order valence-corrected chi connectivity index (χ0v) is 12.9. The minimum atomic E-state index is -2.89. The van der Waals surface area contributed by atoms with Crippen molar-refractivity contribution in [3.8, 4) is 0 Å². The molecule has 0 heterocycles. The fourth-order valence-corrected chi connectivity index (χ4v) is 3.53. The van der Waals surface area contributed by atoms with E-state index in [0.29, 0.717) is 6.42 Å². The van der Waals surface area contributed by atoms with Crippen LogP contribution in [0.25, 0.3) is 0 Å². The first-order chi connectivity index (χ1) is 6.27. The van der Waals surface area contributed by atoms with E-state index < -0.39 is 9.84 Å². The number of halogens is 2. The molecule has 0 N–H and O–H groups in total. The van der Waals surface area contributed by atoms with Gasteiger partial charge < -0.3 is 0 Å². The van der Waals surface area contributed by atoms with E-state index in [1.807, 2.05) is 0 Å². The van der Waals surface area contributed by atoms with Crippen LogP contribution in [0.15, 0.2) is 0 Å². The summed E-state index contributed by atoms with van der Waals surface area (Å²) in [5, 5.41) is 1.37. The van der Waals surface area contributed by atoms with Crippen LogP contribution in [-0.2, 0) is 9.84 Å². The summed E-state index contributed by atoms with van der Waals surface area (Å²) in [5.74, 6) is 0.276. The number of alkyl halides is 2. The second kappa shape index (κ2) is 5.85. The summed E-state index contributed by atoms with van der Waals surface area (Å²) < 4.78 is 23.2. The van der Waals surface area contributed by atoms with Gasteiger partial charge in [0, 0.05) is 10.7 Å². The Balaban J connectivity index is 4.31. The van der Waals surface area contributed by atoms with Crippen molar-refractivity contribution in [2.24, 2.45) is 5.41 Å². The van der Waals surface area contributed by atoms with Crippen molar-refractivity contribution in [3.05, 3.63) is 0 Å². The van der Waals surface area contributed by atoms with Crippen molar-refractivity contribution in [1.29, 1.82) is 0 Å². The van der Waals surface area contributed by atoms with Crippen LogP contribution in [0.5, 0.6) is 0 Å². The Morgan fingerprint density at radius 1 is 1.21 bits per heavy atom. The fourth-order valence-electron chi connectivity index (χ4n) is 0.794. The molecule has 0 spiro atoms. The lowest BCUT2D eigenvalue weighted by molar-refractivity contribution is 0.422. The first-order valence-corrected chi connectivity index (χ1v) is 8.57. The third kappa shape index (κ3) is 4.62. The predicted molar refractivity (Wildman–Crippen MR) is 69.2 cm³/mol. The lowest BCUT2D eigenvalue weighted by Crippen LogP contribution is -2.27. The van der Waals surface area contributed by atoms with E-state index in [2.05, 4.69) is 38.8 Å². The zero-order chi connectivity index (χ0) is 11.4. The molecule has 14 heavy (non-hydrogen) atoms. The van der Waals surface area contributed by atoms with Crippen molar-refractivity contribution in [2.75, 3.05) is 16.4 Å². The molecular weight excluding hydrogens is 332 g/mol. The molecule has 0 aromatic rings. The maximum Gasteiger partial charge on any atom is 0.152 e. The largest absolute Gasteiger partial charge is 0.229 e. The highest BCUT2D eigenvalue weighted by Crippen LogP contribution is 2.27. The van der Waals surface area contributed by atoms with Crippen LogP contribution in [0.4, 0.5) is 0 Å². The lowest BCUT2D eigenvalue weighted by Gasteiger charge is -2.24. The van der Waals surface area contributed by atoms with E-state index >= 15 is 0 Å². The van der Waals surface area contributed by atoms with Gasteiger partial charge in [0.25, 0.3) is 0 Å². The molecule has 0 aliphatic carbocycles. The summed E-state index contributed by atoms with van der Waals surface area (Å²) in [6.07, 6.45) is 0.698.